The number of nitrogens with one attached hydrogen (secondary N) is 1. The zero-order valence-electron chi connectivity index (χ0n) is 10.7. The molecule has 21 heavy (non-hydrogen) atoms. The van der Waals surface area contributed by atoms with E-state index in [1.54, 1.807) is 42.5 Å². The number of nitrogens with zero attached hydrogens (tertiary/aromatic N) is 3. The summed E-state index contributed by atoms with van der Waals surface area (Å²) in [5, 5.41) is 21.5. The van der Waals surface area contributed by atoms with Gasteiger partial charge in [0.15, 0.2) is 5.75 Å². The number of hydrazone groups is 1. The van der Waals surface area contributed by atoms with E-state index in [9.17, 15) is 0 Å². The van der Waals surface area contributed by atoms with Crippen molar-refractivity contribution in [1.82, 2.24) is 0 Å². The lowest BCUT2D eigenvalue weighted by Crippen LogP contribution is -1.98. The Morgan fingerprint density at radius 2 is 1.81 bits per heavy atom. The summed E-state index contributed by atoms with van der Waals surface area (Å²) in [7, 11) is 0. The van der Waals surface area contributed by atoms with Crippen molar-refractivity contribution in [2.75, 3.05) is 5.43 Å². The van der Waals surface area contributed by atoms with Crippen LogP contribution in [-0.4, -0.2) is 5.71 Å². The van der Waals surface area contributed by atoms with Crippen LogP contribution in [-0.2, 0) is 0 Å². The SMILES string of the molecule is N#CC(C#N)=NNc1cc(Cl)ccc1Oc1ccccc1. The summed E-state index contributed by atoms with van der Waals surface area (Å²) in [6, 6.07) is 17.4. The highest BCUT2D eigenvalue weighted by molar-refractivity contribution is 6.30. The smallest absolute Gasteiger partial charge is 0.237 e. The van der Waals surface area contributed by atoms with Gasteiger partial charge in [0.1, 0.15) is 23.6 Å². The first-order chi connectivity index (χ1) is 10.2. The first-order valence-corrected chi connectivity index (χ1v) is 6.27. The van der Waals surface area contributed by atoms with Gasteiger partial charge in [-0.3, -0.25) is 5.43 Å². The molecule has 5 nitrogen and oxygen atoms in total. The number of para-hydroxylation sites is 1. The first kappa shape index (κ1) is 14.4. The lowest BCUT2D eigenvalue weighted by molar-refractivity contribution is 0.484. The van der Waals surface area contributed by atoms with Gasteiger partial charge in [-0.15, -0.1) is 0 Å². The quantitative estimate of drug-likeness (QED) is 0.684. The van der Waals surface area contributed by atoms with E-state index in [0.717, 1.165) is 0 Å². The van der Waals surface area contributed by atoms with Crippen molar-refractivity contribution in [3.05, 3.63) is 53.6 Å². The molecule has 2 aromatic carbocycles. The number of ether oxygens (including phenoxy) is 1. The Morgan fingerprint density at radius 3 is 2.48 bits per heavy atom. The Bertz CT molecular complexity index is 729. The van der Waals surface area contributed by atoms with Gasteiger partial charge in [-0.2, -0.15) is 15.6 Å². The van der Waals surface area contributed by atoms with Gasteiger partial charge in [-0.05, 0) is 30.3 Å². The van der Waals surface area contributed by atoms with E-state index >= 15 is 0 Å². The van der Waals surface area contributed by atoms with Gasteiger partial charge >= 0.3 is 0 Å². The zero-order chi connectivity index (χ0) is 15.1. The van der Waals surface area contributed by atoms with E-state index in [4.69, 9.17) is 26.9 Å². The van der Waals surface area contributed by atoms with Gasteiger partial charge in [0.2, 0.25) is 5.71 Å². The van der Waals surface area contributed by atoms with Gasteiger partial charge in [0.05, 0.1) is 0 Å². The molecule has 0 bridgehead atoms. The average molecular weight is 297 g/mol. The number of nitriles is 2. The maximum atomic E-state index is 8.66. The van der Waals surface area contributed by atoms with Crippen LogP contribution in [0.4, 0.5) is 5.69 Å². The molecule has 0 aliphatic carbocycles. The number of anilines is 1. The third-order valence-corrected chi connectivity index (χ3v) is 2.65. The van der Waals surface area contributed by atoms with Crippen molar-refractivity contribution in [3.63, 3.8) is 0 Å². The second-order valence-electron chi connectivity index (χ2n) is 3.85. The molecule has 6 heteroatoms. The third-order valence-electron chi connectivity index (χ3n) is 2.41. The highest BCUT2D eigenvalue weighted by Crippen LogP contribution is 2.31. The Balaban J connectivity index is 2.28. The van der Waals surface area contributed by atoms with Gasteiger partial charge in [0.25, 0.3) is 0 Å². The highest BCUT2D eigenvalue weighted by Gasteiger charge is 2.06. The monoisotopic (exact) mass is 296 g/mol. The molecular weight excluding hydrogens is 288 g/mol. The topological polar surface area (TPSA) is 81.2 Å². The molecule has 1 N–H and O–H groups in total. The Hall–Kier alpha value is -3.02. The third kappa shape index (κ3) is 3.97. The minimum Gasteiger partial charge on any atom is -0.455 e. The number of rotatable bonds is 4. The van der Waals surface area contributed by atoms with E-state index in [1.807, 2.05) is 18.2 Å². The zero-order valence-corrected chi connectivity index (χ0v) is 11.5. The number of hydrogen-bond donors (Lipinski definition) is 1. The maximum absolute atomic E-state index is 8.66. The van der Waals surface area contributed by atoms with Gasteiger partial charge in [-0.1, -0.05) is 29.8 Å². The van der Waals surface area contributed by atoms with Crippen molar-refractivity contribution in [2.45, 2.75) is 0 Å². The van der Waals surface area contributed by atoms with E-state index in [-0.39, 0.29) is 5.71 Å². The van der Waals surface area contributed by atoms with Crippen LogP contribution in [0.25, 0.3) is 0 Å². The van der Waals surface area contributed by atoms with Crippen molar-refractivity contribution < 1.29 is 4.74 Å². The minimum atomic E-state index is -0.291. The summed E-state index contributed by atoms with van der Waals surface area (Å²) in [5.74, 6) is 1.12. The maximum Gasteiger partial charge on any atom is 0.237 e. The molecule has 0 fully saturated rings. The standard InChI is InChI=1S/C15H9ClN4O/c16-11-6-7-15(21-13-4-2-1-3-5-13)14(8-11)20-19-12(9-17)10-18/h1-8,20H. The van der Waals surface area contributed by atoms with Crippen molar-refractivity contribution in [2.24, 2.45) is 5.10 Å². The molecule has 0 aromatic heterocycles. The first-order valence-electron chi connectivity index (χ1n) is 5.89. The Morgan fingerprint density at radius 1 is 1.10 bits per heavy atom. The van der Waals surface area contributed by atoms with Crippen LogP contribution in [0.15, 0.2) is 53.6 Å². The molecule has 0 unspecified atom stereocenters. The minimum absolute atomic E-state index is 0.291. The van der Waals surface area contributed by atoms with Gasteiger partial charge < -0.3 is 4.74 Å². The van der Waals surface area contributed by atoms with Crippen LogP contribution in [0.5, 0.6) is 11.5 Å². The lowest BCUT2D eigenvalue weighted by atomic mass is 10.3. The van der Waals surface area contributed by atoms with E-state index in [1.165, 1.54) is 0 Å². The molecule has 0 aliphatic heterocycles. The summed E-state index contributed by atoms with van der Waals surface area (Å²) < 4.78 is 5.71. The molecule has 0 radical (unpaired) electrons. The summed E-state index contributed by atoms with van der Waals surface area (Å²) in [6.07, 6.45) is 0. The predicted octanol–water partition coefficient (Wildman–Crippen LogP) is 3.95. The van der Waals surface area contributed by atoms with Crippen LogP contribution in [0.2, 0.25) is 5.02 Å². The van der Waals surface area contributed by atoms with Crippen LogP contribution < -0.4 is 10.2 Å². The van der Waals surface area contributed by atoms with Crippen molar-refractivity contribution in [3.8, 4) is 23.6 Å². The molecular formula is C15H9ClN4O. The largest absolute Gasteiger partial charge is 0.455 e. The number of hydrogen-bond acceptors (Lipinski definition) is 5. The van der Waals surface area contributed by atoms with Gasteiger partial charge in [0, 0.05) is 5.02 Å². The Kier molecular flexibility index (Phi) is 4.76. The molecule has 0 atom stereocenters. The van der Waals surface area contributed by atoms with Crippen LogP contribution >= 0.6 is 11.6 Å². The summed E-state index contributed by atoms with van der Waals surface area (Å²) >= 11 is 5.93. The predicted molar refractivity (Wildman–Crippen MR) is 80.3 cm³/mol. The average Bonchev–Trinajstić information content (AvgIpc) is 2.52. The molecule has 2 aromatic rings. The molecule has 2 rings (SSSR count). The normalized spacial score (nSPS) is 9.10. The molecule has 0 spiro atoms. The second-order valence-corrected chi connectivity index (χ2v) is 4.29. The summed E-state index contributed by atoms with van der Waals surface area (Å²) in [5.41, 5.74) is 2.77. The fourth-order valence-corrected chi connectivity index (χ4v) is 1.66. The van der Waals surface area contributed by atoms with Crippen LogP contribution in [0.1, 0.15) is 0 Å². The molecule has 0 saturated heterocycles. The molecule has 0 amide bonds. The lowest BCUT2D eigenvalue weighted by Gasteiger charge is -2.10. The number of halogens is 1. The summed E-state index contributed by atoms with van der Waals surface area (Å²) in [4.78, 5) is 0. The van der Waals surface area contributed by atoms with E-state index in [2.05, 4.69) is 10.5 Å². The molecule has 102 valence electrons. The summed E-state index contributed by atoms with van der Waals surface area (Å²) in [6.45, 7) is 0. The van der Waals surface area contributed by atoms with Crippen molar-refractivity contribution >= 4 is 23.0 Å². The fraction of sp³-hybridized carbons (Fsp3) is 0. The molecule has 0 aliphatic rings. The van der Waals surface area contributed by atoms with Crippen LogP contribution in [0, 0.1) is 22.7 Å². The second kappa shape index (κ2) is 6.95. The number of benzene rings is 2. The van der Waals surface area contributed by atoms with E-state index < -0.39 is 0 Å². The van der Waals surface area contributed by atoms with Crippen LogP contribution in [0.3, 0.4) is 0 Å². The highest BCUT2D eigenvalue weighted by atomic mass is 35.5. The molecule has 0 heterocycles. The van der Waals surface area contributed by atoms with Gasteiger partial charge in [-0.25, -0.2) is 0 Å². The Labute approximate surface area is 126 Å². The van der Waals surface area contributed by atoms with Crippen molar-refractivity contribution in [1.29, 1.82) is 10.5 Å². The molecule has 0 saturated carbocycles. The fourth-order valence-electron chi connectivity index (χ4n) is 1.49. The van der Waals surface area contributed by atoms with E-state index in [0.29, 0.717) is 22.2 Å².